The molecule has 0 spiro atoms. The average molecular weight is 276 g/mol. The maximum Gasteiger partial charge on any atom is 0.274 e. The fourth-order valence-corrected chi connectivity index (χ4v) is 2.45. The zero-order valence-electron chi connectivity index (χ0n) is 10.1. The predicted molar refractivity (Wildman–Crippen MR) is 69.9 cm³/mol. The second-order valence-corrected chi connectivity index (χ2v) is 5.38. The minimum Gasteiger partial charge on any atom is -0.328 e. The van der Waals surface area contributed by atoms with Crippen LogP contribution in [0, 0.1) is 0 Å². The van der Waals surface area contributed by atoms with Gasteiger partial charge in [0.15, 0.2) is 0 Å². The Balaban J connectivity index is 1.81. The van der Waals surface area contributed by atoms with Crippen molar-refractivity contribution in [3.05, 3.63) is 44.8 Å². The topological polar surface area (TPSA) is 79.0 Å². The third-order valence-electron chi connectivity index (χ3n) is 2.94. The lowest BCUT2D eigenvalue weighted by atomic mass is 10.3. The van der Waals surface area contributed by atoms with E-state index in [1.54, 1.807) is 11.1 Å². The number of carbonyl (C=O) groups is 1. The highest BCUT2D eigenvalue weighted by Crippen LogP contribution is 2.29. The third-order valence-corrected chi connectivity index (χ3v) is 3.70. The summed E-state index contributed by atoms with van der Waals surface area (Å²) in [6.45, 7) is 0.502. The molecule has 1 fully saturated rings. The molecule has 2 aromatic heterocycles. The summed E-state index contributed by atoms with van der Waals surface area (Å²) >= 11 is 1.53. The van der Waals surface area contributed by atoms with Gasteiger partial charge in [-0.1, -0.05) is 0 Å². The Labute approximate surface area is 113 Å². The highest BCUT2D eigenvalue weighted by molar-refractivity contribution is 7.09. The van der Waals surface area contributed by atoms with Gasteiger partial charge in [0.1, 0.15) is 10.7 Å². The number of nitrogens with one attached hydrogen (secondary N) is 1. The number of hydrogen-bond acceptors (Lipinski definition) is 5. The van der Waals surface area contributed by atoms with Crippen LogP contribution in [0.5, 0.6) is 0 Å². The van der Waals surface area contributed by atoms with E-state index in [0.29, 0.717) is 6.54 Å². The lowest BCUT2D eigenvalue weighted by Gasteiger charge is -2.20. The summed E-state index contributed by atoms with van der Waals surface area (Å²) in [7, 11) is 0. The molecule has 3 rings (SSSR count). The van der Waals surface area contributed by atoms with Gasteiger partial charge in [-0.15, -0.1) is 11.3 Å². The van der Waals surface area contributed by atoms with Gasteiger partial charge in [0.05, 0.1) is 6.54 Å². The molecule has 98 valence electrons. The van der Waals surface area contributed by atoms with E-state index in [-0.39, 0.29) is 23.2 Å². The van der Waals surface area contributed by atoms with Crippen molar-refractivity contribution in [2.45, 2.75) is 25.4 Å². The zero-order valence-corrected chi connectivity index (χ0v) is 10.9. The van der Waals surface area contributed by atoms with Crippen molar-refractivity contribution in [3.8, 4) is 0 Å². The molecule has 2 aromatic rings. The van der Waals surface area contributed by atoms with Gasteiger partial charge >= 0.3 is 0 Å². The van der Waals surface area contributed by atoms with Crippen molar-refractivity contribution in [2.75, 3.05) is 0 Å². The Hall–Kier alpha value is -2.02. The highest BCUT2D eigenvalue weighted by atomic mass is 32.1. The smallest absolute Gasteiger partial charge is 0.274 e. The first-order valence-corrected chi connectivity index (χ1v) is 6.87. The number of thiazole rings is 1. The van der Waals surface area contributed by atoms with Crippen LogP contribution in [0.15, 0.2) is 28.5 Å². The maximum absolute atomic E-state index is 12.4. The van der Waals surface area contributed by atoms with Crippen LogP contribution in [0.25, 0.3) is 0 Å². The van der Waals surface area contributed by atoms with Crippen LogP contribution in [0.2, 0.25) is 0 Å². The summed E-state index contributed by atoms with van der Waals surface area (Å²) in [5.74, 6) is -0.158. The summed E-state index contributed by atoms with van der Waals surface area (Å²) in [4.78, 5) is 29.3. The first-order chi connectivity index (χ1) is 9.24. The van der Waals surface area contributed by atoms with Gasteiger partial charge in [0, 0.05) is 23.7 Å². The second-order valence-electron chi connectivity index (χ2n) is 4.40. The minimum absolute atomic E-state index is 0.158. The van der Waals surface area contributed by atoms with E-state index in [9.17, 15) is 9.59 Å². The highest BCUT2D eigenvalue weighted by Gasteiger charge is 2.34. The van der Waals surface area contributed by atoms with E-state index in [1.807, 2.05) is 5.38 Å². The van der Waals surface area contributed by atoms with Crippen LogP contribution in [-0.2, 0) is 6.54 Å². The third kappa shape index (κ3) is 2.70. The standard InChI is InChI=1S/C12H12N4O2S/c17-10-4-3-9(14-15-10)12(18)16(8-1-2-8)7-11-13-5-6-19-11/h3-6,8H,1-2,7H2,(H,15,17). The van der Waals surface area contributed by atoms with Gasteiger partial charge in [-0.2, -0.15) is 5.10 Å². The summed E-state index contributed by atoms with van der Waals surface area (Å²) < 4.78 is 0. The van der Waals surface area contributed by atoms with Gasteiger partial charge in [0.25, 0.3) is 11.5 Å². The Morgan fingerprint density at radius 2 is 2.32 bits per heavy atom. The SMILES string of the molecule is O=C(c1ccc(=O)[nH]n1)N(Cc1nccs1)C1CC1. The molecular formula is C12H12N4O2S. The number of H-pyrrole nitrogens is 1. The van der Waals surface area contributed by atoms with E-state index in [4.69, 9.17) is 0 Å². The molecule has 0 atom stereocenters. The molecule has 1 aliphatic rings. The molecule has 0 aromatic carbocycles. The lowest BCUT2D eigenvalue weighted by Crippen LogP contribution is -2.33. The normalized spacial score (nSPS) is 14.3. The number of rotatable bonds is 4. The van der Waals surface area contributed by atoms with Crippen LogP contribution in [0.4, 0.5) is 0 Å². The first kappa shape index (κ1) is 12.0. The number of carbonyl (C=O) groups excluding carboxylic acids is 1. The lowest BCUT2D eigenvalue weighted by molar-refractivity contribution is 0.0722. The Kier molecular flexibility index (Phi) is 3.12. The van der Waals surface area contributed by atoms with Gasteiger partial charge < -0.3 is 4.90 Å². The van der Waals surface area contributed by atoms with E-state index >= 15 is 0 Å². The Morgan fingerprint density at radius 1 is 1.47 bits per heavy atom. The molecule has 1 saturated carbocycles. The van der Waals surface area contributed by atoms with Crippen molar-refractivity contribution in [3.63, 3.8) is 0 Å². The number of aromatic amines is 1. The summed E-state index contributed by atoms with van der Waals surface area (Å²) in [5.41, 5.74) is -0.0440. The molecule has 0 radical (unpaired) electrons. The van der Waals surface area contributed by atoms with Gasteiger partial charge in [-0.25, -0.2) is 10.1 Å². The van der Waals surface area contributed by atoms with Crippen LogP contribution in [0.3, 0.4) is 0 Å². The summed E-state index contributed by atoms with van der Waals surface area (Å²) in [6, 6.07) is 3.04. The largest absolute Gasteiger partial charge is 0.328 e. The quantitative estimate of drug-likeness (QED) is 0.904. The van der Waals surface area contributed by atoms with Crippen LogP contribution >= 0.6 is 11.3 Å². The number of nitrogens with zero attached hydrogens (tertiary/aromatic N) is 3. The van der Waals surface area contributed by atoms with Crippen LogP contribution in [-0.4, -0.2) is 32.0 Å². The Morgan fingerprint density at radius 3 is 2.89 bits per heavy atom. The molecule has 1 N–H and O–H groups in total. The molecule has 1 aliphatic carbocycles. The van der Waals surface area contributed by atoms with Crippen LogP contribution in [0.1, 0.15) is 28.3 Å². The maximum atomic E-state index is 12.4. The van der Waals surface area contributed by atoms with E-state index in [2.05, 4.69) is 15.2 Å². The molecular weight excluding hydrogens is 264 g/mol. The van der Waals surface area contributed by atoms with Gasteiger partial charge in [-0.3, -0.25) is 9.59 Å². The molecule has 6 nitrogen and oxygen atoms in total. The molecule has 0 saturated heterocycles. The molecule has 7 heteroatoms. The zero-order chi connectivity index (χ0) is 13.2. The van der Waals surface area contributed by atoms with Crippen LogP contribution < -0.4 is 5.56 Å². The van der Waals surface area contributed by atoms with Crippen molar-refractivity contribution in [1.82, 2.24) is 20.1 Å². The van der Waals surface area contributed by atoms with Crippen molar-refractivity contribution >= 4 is 17.2 Å². The number of aromatic nitrogens is 3. The molecule has 19 heavy (non-hydrogen) atoms. The monoisotopic (exact) mass is 276 g/mol. The van der Waals surface area contributed by atoms with Gasteiger partial charge in [0.2, 0.25) is 0 Å². The molecule has 1 amide bonds. The van der Waals surface area contributed by atoms with Gasteiger partial charge in [-0.05, 0) is 18.9 Å². The van der Waals surface area contributed by atoms with E-state index in [0.717, 1.165) is 17.8 Å². The molecule has 0 bridgehead atoms. The fraction of sp³-hybridized carbons (Fsp3) is 0.333. The van der Waals surface area contributed by atoms with E-state index in [1.165, 1.54) is 23.5 Å². The predicted octanol–water partition coefficient (Wildman–Crippen LogP) is 1.03. The minimum atomic E-state index is -0.311. The second kappa shape index (κ2) is 4.93. The summed E-state index contributed by atoms with van der Waals surface area (Å²) in [5, 5.41) is 8.88. The average Bonchev–Trinajstić information content (AvgIpc) is 3.13. The van der Waals surface area contributed by atoms with Crippen molar-refractivity contribution in [1.29, 1.82) is 0 Å². The molecule has 0 aliphatic heterocycles. The molecule has 0 unspecified atom stereocenters. The molecule has 2 heterocycles. The number of hydrogen-bond donors (Lipinski definition) is 1. The fourth-order valence-electron chi connectivity index (χ4n) is 1.84. The summed E-state index contributed by atoms with van der Waals surface area (Å²) in [6.07, 6.45) is 3.76. The first-order valence-electron chi connectivity index (χ1n) is 5.99. The Bertz CT molecular complexity index is 613. The number of amides is 1. The van der Waals surface area contributed by atoms with Crippen molar-refractivity contribution in [2.24, 2.45) is 0 Å². The van der Waals surface area contributed by atoms with E-state index < -0.39 is 0 Å². The van der Waals surface area contributed by atoms with Crippen molar-refractivity contribution < 1.29 is 4.79 Å².